The van der Waals surface area contributed by atoms with Gasteiger partial charge in [-0.15, -0.1) is 0 Å². The smallest absolute Gasteiger partial charge is 0.0541 e. The standard InChI is InChI=1S/C93H70N4/c1-9-10-22-57(2)94-85-29-18-16-27-75(85)77-49-58(35-47-89(77)94)60-33-41-67-69-43-37-63(53-81(69)91(3,4)79(67)51-60)95(65-39-45-71-72-46-40-66(56-84(72)93(7,8)83(71)55-65)97-86-30-19-14-25-73(86)74-26-15-20-31-87(74)97)64-38-44-70-68-42-34-61(52-80(68)92(5,6)82(70)54-64)59-36-48-90-78(50-59)76-28-17-21-32-88(76)96(90)62-23-12-11-13-24-62/h9-56H,1-2H2,3-8H3/b22-10-. The van der Waals surface area contributed by atoms with Gasteiger partial charge in [0.15, 0.2) is 0 Å². The first-order valence-electron chi connectivity index (χ1n) is 34.0. The molecule has 4 heteroatoms. The SMILES string of the molecule is C=C/C=C\C(=C)n1c2ccccc2c2cc(-c3ccc4c(c3)C(C)(C)c3cc(N(c5ccc6c(c5)C(C)(C)c5cc(-c7ccc8c(c7)c7ccccc7n8-c7ccccc7)ccc5-6)c5ccc6c(c5)C(C)(C)c5cc(-n7c8ccccc8c8ccccc87)ccc5-6)ccc3-4)ccc21. The highest BCUT2D eigenvalue weighted by Crippen LogP contribution is 2.57. The summed E-state index contributed by atoms with van der Waals surface area (Å²) in [4.78, 5) is 2.55. The molecule has 0 fully saturated rings. The Morgan fingerprint density at radius 2 is 0.639 bits per heavy atom. The molecular formula is C93H70N4. The second-order valence-corrected chi connectivity index (χ2v) is 28.6. The zero-order chi connectivity index (χ0) is 65.4. The molecule has 0 bridgehead atoms. The van der Waals surface area contributed by atoms with Crippen molar-refractivity contribution in [2.75, 3.05) is 4.90 Å². The summed E-state index contributed by atoms with van der Waals surface area (Å²) >= 11 is 0. The highest BCUT2D eigenvalue weighted by atomic mass is 15.1. The summed E-state index contributed by atoms with van der Waals surface area (Å²) in [6.45, 7) is 22.9. The van der Waals surface area contributed by atoms with Gasteiger partial charge in [0, 0.05) is 82.7 Å². The molecule has 0 saturated heterocycles. The summed E-state index contributed by atoms with van der Waals surface area (Å²) in [6.07, 6.45) is 5.78. The van der Waals surface area contributed by atoms with Crippen molar-refractivity contribution in [3.63, 3.8) is 0 Å². The lowest BCUT2D eigenvalue weighted by molar-refractivity contribution is 0.659. The maximum Gasteiger partial charge on any atom is 0.0541 e. The lowest BCUT2D eigenvalue weighted by Crippen LogP contribution is -2.19. The molecule has 4 nitrogen and oxygen atoms in total. The summed E-state index contributed by atoms with van der Waals surface area (Å²) in [6, 6.07) is 103. The van der Waals surface area contributed by atoms with Gasteiger partial charge in [0.2, 0.25) is 0 Å². The van der Waals surface area contributed by atoms with Crippen molar-refractivity contribution in [2.45, 2.75) is 57.8 Å². The van der Waals surface area contributed by atoms with Crippen LogP contribution in [0.1, 0.15) is 74.9 Å². The zero-order valence-corrected chi connectivity index (χ0v) is 55.4. The molecule has 97 heavy (non-hydrogen) atoms. The lowest BCUT2D eigenvalue weighted by atomic mass is 9.81. The van der Waals surface area contributed by atoms with E-state index in [0.29, 0.717) is 0 Å². The predicted molar refractivity (Wildman–Crippen MR) is 411 cm³/mol. The minimum atomic E-state index is -0.309. The van der Waals surface area contributed by atoms with E-state index in [1.807, 2.05) is 12.2 Å². The van der Waals surface area contributed by atoms with E-state index >= 15 is 0 Å². The van der Waals surface area contributed by atoms with Crippen LogP contribution in [-0.4, -0.2) is 13.7 Å². The van der Waals surface area contributed by atoms with Crippen LogP contribution < -0.4 is 4.90 Å². The topological polar surface area (TPSA) is 18.0 Å². The maximum atomic E-state index is 4.47. The van der Waals surface area contributed by atoms with Crippen LogP contribution >= 0.6 is 0 Å². The molecule has 0 N–H and O–H groups in total. The van der Waals surface area contributed by atoms with Crippen LogP contribution in [0, 0.1) is 0 Å². The van der Waals surface area contributed by atoms with Crippen molar-refractivity contribution in [3.05, 3.63) is 338 Å². The fraction of sp³-hybridized carbons (Fsp3) is 0.0968. The lowest BCUT2D eigenvalue weighted by Gasteiger charge is -2.31. The minimum absolute atomic E-state index is 0.302. The van der Waals surface area contributed by atoms with Crippen LogP contribution in [0.3, 0.4) is 0 Å². The Bertz CT molecular complexity index is 6090. The molecule has 3 aliphatic rings. The monoisotopic (exact) mass is 1240 g/mol. The Morgan fingerprint density at radius 1 is 0.309 bits per heavy atom. The molecule has 0 amide bonds. The number of fused-ring (bicyclic) bond motifs is 18. The van der Waals surface area contributed by atoms with E-state index < -0.39 is 0 Å². The fourth-order valence-corrected chi connectivity index (χ4v) is 17.5. The molecular weight excluding hydrogens is 1170 g/mol. The number of hydrogen-bond donors (Lipinski definition) is 0. The first-order valence-corrected chi connectivity index (χ1v) is 34.0. The van der Waals surface area contributed by atoms with Gasteiger partial charge in [0.05, 0.1) is 33.1 Å². The second kappa shape index (κ2) is 20.6. The summed E-state index contributed by atoms with van der Waals surface area (Å²) < 4.78 is 7.11. The van der Waals surface area contributed by atoms with Crippen LogP contribution in [0.4, 0.5) is 17.1 Å². The van der Waals surface area contributed by atoms with E-state index in [1.54, 1.807) is 6.08 Å². The summed E-state index contributed by atoms with van der Waals surface area (Å²) in [5.74, 6) is 0. The highest BCUT2D eigenvalue weighted by molar-refractivity contribution is 6.13. The molecule has 0 atom stereocenters. The Morgan fingerprint density at radius 3 is 1.12 bits per heavy atom. The van der Waals surface area contributed by atoms with Crippen LogP contribution in [0.5, 0.6) is 0 Å². The third-order valence-corrected chi connectivity index (χ3v) is 22.3. The zero-order valence-electron chi connectivity index (χ0n) is 55.4. The molecule has 462 valence electrons. The van der Waals surface area contributed by atoms with Gasteiger partial charge in [-0.1, -0.05) is 219 Å². The largest absolute Gasteiger partial charge is 0.310 e. The molecule has 13 aromatic carbocycles. The van der Waals surface area contributed by atoms with Crippen molar-refractivity contribution in [1.29, 1.82) is 0 Å². The number of rotatable bonds is 10. The van der Waals surface area contributed by atoms with Gasteiger partial charge in [0.25, 0.3) is 0 Å². The number of benzene rings is 13. The average molecular weight is 1240 g/mol. The van der Waals surface area contributed by atoms with E-state index in [2.05, 4.69) is 346 Å². The molecule has 0 unspecified atom stereocenters. The number of aromatic nitrogens is 3. The van der Waals surface area contributed by atoms with Gasteiger partial charge < -0.3 is 18.6 Å². The van der Waals surface area contributed by atoms with Crippen molar-refractivity contribution < 1.29 is 0 Å². The van der Waals surface area contributed by atoms with Crippen molar-refractivity contribution >= 4 is 88.2 Å². The third-order valence-electron chi connectivity index (χ3n) is 22.3. The molecule has 3 aromatic heterocycles. The third kappa shape index (κ3) is 8.17. The number of anilines is 3. The van der Waals surface area contributed by atoms with E-state index in [9.17, 15) is 0 Å². The summed E-state index contributed by atoms with van der Waals surface area (Å²) in [5, 5.41) is 7.47. The number of allylic oxidation sites excluding steroid dienone is 4. The van der Waals surface area contributed by atoms with E-state index in [0.717, 1.165) is 33.8 Å². The number of nitrogens with zero attached hydrogens (tertiary/aromatic N) is 4. The Hall–Kier alpha value is -11.7. The molecule has 3 aliphatic carbocycles. The van der Waals surface area contributed by atoms with Gasteiger partial charge in [-0.3, -0.25) is 0 Å². The Labute approximate surface area is 565 Å². The Kier molecular flexibility index (Phi) is 12.1. The van der Waals surface area contributed by atoms with E-state index in [-0.39, 0.29) is 16.2 Å². The van der Waals surface area contributed by atoms with Gasteiger partial charge in [-0.25, -0.2) is 0 Å². The normalized spacial score (nSPS) is 14.4. The molecule has 0 saturated carbocycles. The van der Waals surface area contributed by atoms with Crippen molar-refractivity contribution in [1.82, 2.24) is 13.7 Å². The fourth-order valence-electron chi connectivity index (χ4n) is 17.5. The molecule has 3 heterocycles. The molecule has 0 spiro atoms. The predicted octanol–water partition coefficient (Wildman–Crippen LogP) is 24.9. The van der Waals surface area contributed by atoms with E-state index in [1.165, 1.54) is 155 Å². The molecule has 0 radical (unpaired) electrons. The average Bonchev–Trinajstić information content (AvgIpc) is 1.47. The van der Waals surface area contributed by atoms with Gasteiger partial charge >= 0.3 is 0 Å². The first kappa shape index (κ1) is 56.8. The van der Waals surface area contributed by atoms with E-state index in [4.69, 9.17) is 0 Å². The van der Waals surface area contributed by atoms with Crippen molar-refractivity contribution in [3.8, 4) is 67.0 Å². The van der Waals surface area contributed by atoms with Gasteiger partial charge in [-0.05, 0) is 216 Å². The van der Waals surface area contributed by atoms with Crippen LogP contribution in [-0.2, 0) is 16.2 Å². The van der Waals surface area contributed by atoms with Crippen molar-refractivity contribution in [2.24, 2.45) is 0 Å². The maximum absolute atomic E-state index is 4.47. The van der Waals surface area contributed by atoms with Crippen LogP contribution in [0.25, 0.3) is 138 Å². The molecule has 0 aliphatic heterocycles. The highest BCUT2D eigenvalue weighted by Gasteiger charge is 2.41. The summed E-state index contributed by atoms with van der Waals surface area (Å²) in [7, 11) is 0. The second-order valence-electron chi connectivity index (χ2n) is 28.6. The van der Waals surface area contributed by atoms with Crippen LogP contribution in [0.2, 0.25) is 0 Å². The summed E-state index contributed by atoms with van der Waals surface area (Å²) in [5.41, 5.74) is 33.4. The number of para-hydroxylation sites is 5. The minimum Gasteiger partial charge on any atom is -0.310 e. The quantitative estimate of drug-likeness (QED) is 0.125. The first-order chi connectivity index (χ1) is 47.2. The van der Waals surface area contributed by atoms with Gasteiger partial charge in [-0.2, -0.15) is 0 Å². The molecule has 16 aromatic rings. The Balaban J connectivity index is 0.722. The van der Waals surface area contributed by atoms with Gasteiger partial charge in [0.1, 0.15) is 0 Å². The number of hydrogen-bond acceptors (Lipinski definition) is 1. The van der Waals surface area contributed by atoms with Crippen LogP contribution in [0.15, 0.2) is 304 Å². The molecule has 19 rings (SSSR count).